The monoisotopic (exact) mass is 300 g/mol. The van der Waals surface area contributed by atoms with Crippen molar-refractivity contribution < 1.29 is 4.74 Å². The Kier molecular flexibility index (Phi) is 9.55. The van der Waals surface area contributed by atoms with Gasteiger partial charge in [-0.15, -0.1) is 13.2 Å². The number of unbranched alkanes of at least 4 members (excludes halogenated alkanes) is 1. The summed E-state index contributed by atoms with van der Waals surface area (Å²) in [5.41, 5.74) is 2.50. The molecular formula is C19H28N2O. The molecule has 0 atom stereocenters. The Morgan fingerprint density at radius 2 is 1.86 bits per heavy atom. The van der Waals surface area contributed by atoms with Crippen molar-refractivity contribution in [3.8, 4) is 5.75 Å². The van der Waals surface area contributed by atoms with Crippen molar-refractivity contribution >= 4 is 5.69 Å². The third kappa shape index (κ3) is 7.70. The van der Waals surface area contributed by atoms with Gasteiger partial charge >= 0.3 is 0 Å². The predicted molar refractivity (Wildman–Crippen MR) is 96.7 cm³/mol. The first kappa shape index (κ1) is 18.1. The van der Waals surface area contributed by atoms with Gasteiger partial charge in [-0.2, -0.15) is 0 Å². The molecule has 1 rings (SSSR count). The molecule has 0 bridgehead atoms. The minimum atomic E-state index is 0.877. The van der Waals surface area contributed by atoms with Gasteiger partial charge in [-0.05, 0) is 43.5 Å². The number of methoxy groups -OCH3 is 1. The molecule has 0 saturated carbocycles. The Balaban J connectivity index is 2.22. The van der Waals surface area contributed by atoms with Crippen molar-refractivity contribution in [2.45, 2.75) is 19.3 Å². The highest BCUT2D eigenvalue weighted by Gasteiger charge is 1.96. The third-order valence-corrected chi connectivity index (χ3v) is 3.28. The van der Waals surface area contributed by atoms with Gasteiger partial charge in [0.15, 0.2) is 0 Å². The first-order valence-electron chi connectivity index (χ1n) is 7.78. The number of ether oxygens (including phenoxy) is 1. The molecule has 3 heteroatoms. The fourth-order valence-electron chi connectivity index (χ4n) is 2.07. The second-order valence-corrected chi connectivity index (χ2v) is 5.05. The van der Waals surface area contributed by atoms with E-state index in [9.17, 15) is 0 Å². The van der Waals surface area contributed by atoms with Crippen molar-refractivity contribution in [2.75, 3.05) is 32.1 Å². The number of nitrogens with one attached hydrogen (secondary N) is 2. The van der Waals surface area contributed by atoms with Gasteiger partial charge in [0, 0.05) is 25.3 Å². The van der Waals surface area contributed by atoms with Gasteiger partial charge in [0.25, 0.3) is 0 Å². The second-order valence-electron chi connectivity index (χ2n) is 5.05. The molecule has 1 aromatic carbocycles. The fraction of sp³-hybridized carbons (Fsp3) is 0.368. The highest BCUT2D eigenvalue weighted by molar-refractivity contribution is 5.46. The van der Waals surface area contributed by atoms with Crippen molar-refractivity contribution in [1.82, 2.24) is 5.32 Å². The van der Waals surface area contributed by atoms with E-state index in [0.717, 1.165) is 50.3 Å². The zero-order valence-corrected chi connectivity index (χ0v) is 13.6. The van der Waals surface area contributed by atoms with Crippen LogP contribution in [-0.4, -0.2) is 26.7 Å². The summed E-state index contributed by atoms with van der Waals surface area (Å²) in [6, 6.07) is 7.97. The van der Waals surface area contributed by atoms with Gasteiger partial charge in [0.1, 0.15) is 5.75 Å². The van der Waals surface area contributed by atoms with Crippen LogP contribution in [0.5, 0.6) is 5.75 Å². The molecule has 0 unspecified atom stereocenters. The van der Waals surface area contributed by atoms with Crippen LogP contribution in [0.3, 0.4) is 0 Å². The van der Waals surface area contributed by atoms with E-state index in [-0.39, 0.29) is 0 Å². The molecule has 0 saturated heterocycles. The van der Waals surface area contributed by atoms with E-state index in [1.807, 2.05) is 36.4 Å². The SMILES string of the molecule is C=CCCC=C(CC=C)CNCCNc1ccc(OC)cc1. The minimum Gasteiger partial charge on any atom is -0.497 e. The van der Waals surface area contributed by atoms with E-state index in [0.29, 0.717) is 0 Å². The number of rotatable bonds is 12. The van der Waals surface area contributed by atoms with E-state index in [1.165, 1.54) is 5.57 Å². The lowest BCUT2D eigenvalue weighted by molar-refractivity contribution is 0.415. The molecule has 0 fully saturated rings. The van der Waals surface area contributed by atoms with Gasteiger partial charge in [0.2, 0.25) is 0 Å². The normalized spacial score (nSPS) is 11.0. The minimum absolute atomic E-state index is 0.877. The summed E-state index contributed by atoms with van der Waals surface area (Å²) >= 11 is 0. The molecule has 120 valence electrons. The first-order chi connectivity index (χ1) is 10.8. The van der Waals surface area contributed by atoms with Crippen LogP contribution in [-0.2, 0) is 0 Å². The Bertz CT molecular complexity index is 463. The van der Waals surface area contributed by atoms with E-state index in [1.54, 1.807) is 7.11 Å². The van der Waals surface area contributed by atoms with Crippen LogP contribution in [0.15, 0.2) is 61.2 Å². The smallest absolute Gasteiger partial charge is 0.119 e. The number of benzene rings is 1. The molecule has 0 spiro atoms. The van der Waals surface area contributed by atoms with E-state index in [2.05, 4.69) is 29.9 Å². The molecule has 0 aromatic heterocycles. The van der Waals surface area contributed by atoms with E-state index < -0.39 is 0 Å². The maximum Gasteiger partial charge on any atom is 0.119 e. The molecule has 0 amide bonds. The van der Waals surface area contributed by atoms with Crippen LogP contribution in [0.4, 0.5) is 5.69 Å². The molecule has 0 aliphatic carbocycles. The third-order valence-electron chi connectivity index (χ3n) is 3.28. The summed E-state index contributed by atoms with van der Waals surface area (Å²) in [5, 5.41) is 6.84. The average Bonchev–Trinajstić information content (AvgIpc) is 2.55. The predicted octanol–water partition coefficient (Wildman–Crippen LogP) is 4.17. The van der Waals surface area contributed by atoms with Crippen LogP contribution in [0.25, 0.3) is 0 Å². The van der Waals surface area contributed by atoms with Crippen molar-refractivity contribution in [3.63, 3.8) is 0 Å². The summed E-state index contributed by atoms with van der Waals surface area (Å²) in [4.78, 5) is 0. The van der Waals surface area contributed by atoms with Crippen molar-refractivity contribution in [1.29, 1.82) is 0 Å². The second kappa shape index (κ2) is 11.6. The molecule has 3 nitrogen and oxygen atoms in total. The Hall–Kier alpha value is -2.00. The van der Waals surface area contributed by atoms with Crippen LogP contribution in [0.2, 0.25) is 0 Å². The topological polar surface area (TPSA) is 33.3 Å². The quantitative estimate of drug-likeness (QED) is 0.449. The Labute approximate surface area is 134 Å². The van der Waals surface area contributed by atoms with Gasteiger partial charge < -0.3 is 15.4 Å². The van der Waals surface area contributed by atoms with Gasteiger partial charge in [-0.25, -0.2) is 0 Å². The maximum atomic E-state index is 5.14. The van der Waals surface area contributed by atoms with Gasteiger partial charge in [-0.3, -0.25) is 0 Å². The van der Waals surface area contributed by atoms with Gasteiger partial charge in [0.05, 0.1) is 7.11 Å². The fourth-order valence-corrected chi connectivity index (χ4v) is 2.07. The molecule has 0 aliphatic heterocycles. The summed E-state index contributed by atoms with van der Waals surface area (Å²) in [7, 11) is 1.68. The van der Waals surface area contributed by atoms with Crippen LogP contribution in [0, 0.1) is 0 Å². The number of hydrogen-bond acceptors (Lipinski definition) is 3. The summed E-state index contributed by atoms with van der Waals surface area (Å²) in [6.07, 6.45) is 9.21. The average molecular weight is 300 g/mol. The zero-order chi connectivity index (χ0) is 16.0. The molecule has 0 heterocycles. The summed E-state index contributed by atoms with van der Waals surface area (Å²) < 4.78 is 5.14. The molecule has 22 heavy (non-hydrogen) atoms. The van der Waals surface area contributed by atoms with Crippen LogP contribution >= 0.6 is 0 Å². The molecule has 2 N–H and O–H groups in total. The van der Waals surface area contributed by atoms with Crippen LogP contribution in [0.1, 0.15) is 19.3 Å². The Morgan fingerprint density at radius 3 is 2.50 bits per heavy atom. The van der Waals surface area contributed by atoms with Crippen molar-refractivity contribution in [2.24, 2.45) is 0 Å². The summed E-state index contributed by atoms with van der Waals surface area (Å²) in [6.45, 7) is 10.3. The number of anilines is 1. The number of hydrogen-bond donors (Lipinski definition) is 2. The largest absolute Gasteiger partial charge is 0.497 e. The lowest BCUT2D eigenvalue weighted by Gasteiger charge is -2.10. The highest BCUT2D eigenvalue weighted by atomic mass is 16.5. The summed E-state index contributed by atoms with van der Waals surface area (Å²) in [5.74, 6) is 0.877. The number of allylic oxidation sites excluding steroid dienone is 3. The van der Waals surface area contributed by atoms with Crippen LogP contribution < -0.4 is 15.4 Å². The molecular weight excluding hydrogens is 272 g/mol. The first-order valence-corrected chi connectivity index (χ1v) is 7.78. The highest BCUT2D eigenvalue weighted by Crippen LogP contribution is 2.14. The molecule has 0 radical (unpaired) electrons. The molecule has 0 aliphatic rings. The maximum absolute atomic E-state index is 5.14. The van der Waals surface area contributed by atoms with Crippen molar-refractivity contribution in [3.05, 3.63) is 61.2 Å². The zero-order valence-electron chi connectivity index (χ0n) is 13.6. The molecule has 1 aromatic rings. The lowest BCUT2D eigenvalue weighted by atomic mass is 10.1. The standard InChI is InChI=1S/C19H28N2O/c1-4-6-7-9-17(8-5-2)16-20-14-15-21-18-10-12-19(22-3)13-11-18/h4-5,9-13,20-21H,1-2,6-8,14-16H2,3H3. The lowest BCUT2D eigenvalue weighted by Crippen LogP contribution is -2.24. The van der Waals surface area contributed by atoms with E-state index >= 15 is 0 Å². The Morgan fingerprint density at radius 1 is 1.09 bits per heavy atom. The van der Waals surface area contributed by atoms with Gasteiger partial charge in [-0.1, -0.05) is 23.8 Å². The van der Waals surface area contributed by atoms with E-state index in [4.69, 9.17) is 4.74 Å².